The molecule has 4 rings (SSSR count). The van der Waals surface area contributed by atoms with Crippen LogP contribution in [0.25, 0.3) is 11.1 Å². The van der Waals surface area contributed by atoms with E-state index in [1.54, 1.807) is 12.1 Å². The van der Waals surface area contributed by atoms with Crippen LogP contribution in [0.5, 0.6) is 0 Å². The minimum atomic E-state index is -0.103. The van der Waals surface area contributed by atoms with Crippen molar-refractivity contribution in [1.29, 1.82) is 0 Å². The lowest BCUT2D eigenvalue weighted by Gasteiger charge is -2.23. The third-order valence-electron chi connectivity index (χ3n) is 5.12. The van der Waals surface area contributed by atoms with Gasteiger partial charge in [0, 0.05) is 31.5 Å². The Kier molecular flexibility index (Phi) is 5.37. The van der Waals surface area contributed by atoms with Crippen LogP contribution in [0.2, 0.25) is 0 Å². The lowest BCUT2D eigenvalue weighted by molar-refractivity contribution is -0.121. The third-order valence-corrected chi connectivity index (χ3v) is 5.12. The Morgan fingerprint density at radius 1 is 1.07 bits per heavy atom. The van der Waals surface area contributed by atoms with Crippen molar-refractivity contribution in [1.82, 2.24) is 10.3 Å². The molecule has 0 radical (unpaired) electrons. The maximum atomic E-state index is 12.2. The zero-order valence-corrected chi connectivity index (χ0v) is 15.6. The number of amides is 1. The molecular formula is C22H23N3O3. The number of rotatable bonds is 7. The fourth-order valence-electron chi connectivity index (χ4n) is 3.60. The van der Waals surface area contributed by atoms with Crippen molar-refractivity contribution in [2.24, 2.45) is 0 Å². The molecule has 1 aromatic heterocycles. The summed E-state index contributed by atoms with van der Waals surface area (Å²) in [4.78, 5) is 31.0. The Morgan fingerprint density at radius 3 is 2.68 bits per heavy atom. The molecule has 6 nitrogen and oxygen atoms in total. The highest BCUT2D eigenvalue weighted by Gasteiger charge is 2.28. The lowest BCUT2D eigenvalue weighted by Crippen LogP contribution is -2.40. The number of fused-ring (bicyclic) bond motifs is 1. The highest BCUT2D eigenvalue weighted by molar-refractivity contribution is 5.97. The molecule has 144 valence electrons. The Bertz CT molecular complexity index is 934. The van der Waals surface area contributed by atoms with Crippen LogP contribution < -0.4 is 10.2 Å². The molecule has 0 saturated carbocycles. The van der Waals surface area contributed by atoms with Crippen LogP contribution in [-0.4, -0.2) is 35.8 Å². The van der Waals surface area contributed by atoms with Gasteiger partial charge in [-0.15, -0.1) is 0 Å². The number of hydrogen-bond acceptors (Lipinski definition) is 5. The summed E-state index contributed by atoms with van der Waals surface area (Å²) in [6, 6.07) is 17.5. The number of ketones is 1. The average molecular weight is 377 g/mol. The number of anilines is 1. The van der Waals surface area contributed by atoms with Crippen molar-refractivity contribution in [2.75, 3.05) is 18.0 Å². The first-order valence-electron chi connectivity index (χ1n) is 9.68. The van der Waals surface area contributed by atoms with Crippen LogP contribution in [0.4, 0.5) is 6.01 Å². The molecule has 0 spiro atoms. The van der Waals surface area contributed by atoms with E-state index in [1.165, 1.54) is 0 Å². The van der Waals surface area contributed by atoms with E-state index in [9.17, 15) is 9.59 Å². The zero-order valence-electron chi connectivity index (χ0n) is 15.6. The van der Waals surface area contributed by atoms with Crippen LogP contribution in [0.3, 0.4) is 0 Å². The van der Waals surface area contributed by atoms with Gasteiger partial charge in [0.05, 0.1) is 6.04 Å². The van der Waals surface area contributed by atoms with Gasteiger partial charge in [0.1, 0.15) is 5.52 Å². The second-order valence-electron chi connectivity index (χ2n) is 7.05. The van der Waals surface area contributed by atoms with E-state index < -0.39 is 0 Å². The molecule has 2 aromatic carbocycles. The number of oxazole rings is 1. The second kappa shape index (κ2) is 8.25. The summed E-state index contributed by atoms with van der Waals surface area (Å²) in [6.07, 6.45) is 2.42. The number of nitrogens with zero attached hydrogens (tertiary/aromatic N) is 2. The van der Waals surface area contributed by atoms with E-state index in [0.29, 0.717) is 18.1 Å². The Labute approximate surface area is 163 Å². The van der Waals surface area contributed by atoms with E-state index in [0.717, 1.165) is 30.5 Å². The molecule has 1 aliphatic rings. The van der Waals surface area contributed by atoms with Crippen molar-refractivity contribution in [3.05, 3.63) is 60.2 Å². The van der Waals surface area contributed by atoms with Gasteiger partial charge in [0.2, 0.25) is 5.91 Å². The molecule has 1 saturated heterocycles. The molecule has 2 heterocycles. The fraction of sp³-hybridized carbons (Fsp3) is 0.318. The molecule has 1 atom stereocenters. The topological polar surface area (TPSA) is 75.4 Å². The van der Waals surface area contributed by atoms with Gasteiger partial charge in [-0.3, -0.25) is 9.59 Å². The molecule has 1 aliphatic heterocycles. The Morgan fingerprint density at radius 2 is 1.86 bits per heavy atom. The van der Waals surface area contributed by atoms with Gasteiger partial charge in [-0.2, -0.15) is 4.98 Å². The third kappa shape index (κ3) is 4.06. The summed E-state index contributed by atoms with van der Waals surface area (Å²) in [6.45, 7) is 1.39. The van der Waals surface area contributed by atoms with Gasteiger partial charge in [-0.1, -0.05) is 42.5 Å². The van der Waals surface area contributed by atoms with Crippen molar-refractivity contribution < 1.29 is 14.0 Å². The molecule has 3 aromatic rings. The minimum absolute atomic E-state index is 0.00952. The van der Waals surface area contributed by atoms with Crippen LogP contribution >= 0.6 is 0 Å². The number of aromatic nitrogens is 1. The predicted octanol–water partition coefficient (Wildman–Crippen LogP) is 3.58. The highest BCUT2D eigenvalue weighted by Crippen LogP contribution is 2.28. The summed E-state index contributed by atoms with van der Waals surface area (Å²) < 4.78 is 5.87. The number of nitrogens with one attached hydrogen (secondary N) is 1. The van der Waals surface area contributed by atoms with Crippen molar-refractivity contribution in [2.45, 2.75) is 31.7 Å². The first kappa shape index (κ1) is 18.2. The zero-order chi connectivity index (χ0) is 19.3. The number of carbonyl (C=O) groups excluding carboxylic acids is 2. The molecule has 28 heavy (non-hydrogen) atoms. The Balaban J connectivity index is 1.30. The number of para-hydroxylation sites is 2. The van der Waals surface area contributed by atoms with Gasteiger partial charge in [0.25, 0.3) is 6.01 Å². The van der Waals surface area contributed by atoms with Crippen LogP contribution in [-0.2, 0) is 4.79 Å². The number of Topliss-reactive ketones (excluding diaryl/α,β-unsaturated/α-hetero) is 1. The molecule has 1 fully saturated rings. The summed E-state index contributed by atoms with van der Waals surface area (Å²) in [7, 11) is 0. The van der Waals surface area contributed by atoms with Crippen molar-refractivity contribution in [3.8, 4) is 0 Å². The Hall–Kier alpha value is -3.15. The summed E-state index contributed by atoms with van der Waals surface area (Å²) in [5, 5.41) is 2.96. The first-order valence-corrected chi connectivity index (χ1v) is 9.68. The van der Waals surface area contributed by atoms with Crippen LogP contribution in [0.15, 0.2) is 59.0 Å². The standard InChI is InChI=1S/C22H23N3O3/c26-19(16-7-2-1-3-8-16)12-13-21(27)23-15-17-9-6-14-25(17)22-24-18-10-4-5-11-20(18)28-22/h1-5,7-8,10-11,17H,6,9,12-15H2,(H,23,27). The molecule has 6 heteroatoms. The molecular weight excluding hydrogens is 354 g/mol. The van der Waals surface area contributed by atoms with E-state index in [-0.39, 0.29) is 30.6 Å². The van der Waals surface area contributed by atoms with Crippen LogP contribution in [0, 0.1) is 0 Å². The van der Waals surface area contributed by atoms with E-state index in [1.807, 2.05) is 42.5 Å². The summed E-state index contributed by atoms with van der Waals surface area (Å²) in [5.41, 5.74) is 2.26. The van der Waals surface area contributed by atoms with Crippen LogP contribution in [0.1, 0.15) is 36.0 Å². The fourth-order valence-corrected chi connectivity index (χ4v) is 3.60. The van der Waals surface area contributed by atoms with Crippen molar-refractivity contribution in [3.63, 3.8) is 0 Å². The second-order valence-corrected chi connectivity index (χ2v) is 7.05. The summed E-state index contributed by atoms with van der Waals surface area (Å²) >= 11 is 0. The van der Waals surface area contributed by atoms with E-state index >= 15 is 0 Å². The average Bonchev–Trinajstić information content (AvgIpc) is 3.37. The van der Waals surface area contributed by atoms with E-state index in [4.69, 9.17) is 4.42 Å². The maximum absolute atomic E-state index is 12.2. The number of benzene rings is 2. The minimum Gasteiger partial charge on any atom is -0.423 e. The van der Waals surface area contributed by atoms with Crippen molar-refractivity contribution >= 4 is 28.8 Å². The number of carbonyl (C=O) groups is 2. The maximum Gasteiger partial charge on any atom is 0.298 e. The largest absolute Gasteiger partial charge is 0.423 e. The lowest BCUT2D eigenvalue weighted by atomic mass is 10.1. The highest BCUT2D eigenvalue weighted by atomic mass is 16.4. The van der Waals surface area contributed by atoms with Gasteiger partial charge in [-0.05, 0) is 25.0 Å². The quantitative estimate of drug-likeness (QED) is 0.637. The van der Waals surface area contributed by atoms with Gasteiger partial charge < -0.3 is 14.6 Å². The predicted molar refractivity (Wildman–Crippen MR) is 107 cm³/mol. The van der Waals surface area contributed by atoms with Gasteiger partial charge >= 0.3 is 0 Å². The molecule has 1 amide bonds. The summed E-state index contributed by atoms with van der Waals surface area (Å²) in [5.74, 6) is -0.113. The molecule has 1 N–H and O–H groups in total. The normalized spacial score (nSPS) is 16.4. The SMILES string of the molecule is O=C(CCC(=O)c1ccccc1)NCC1CCCN1c1nc2ccccc2o1. The van der Waals surface area contributed by atoms with Gasteiger partial charge in [-0.25, -0.2) is 0 Å². The molecule has 0 bridgehead atoms. The smallest absolute Gasteiger partial charge is 0.298 e. The van der Waals surface area contributed by atoms with Gasteiger partial charge in [0.15, 0.2) is 11.4 Å². The first-order chi connectivity index (χ1) is 13.7. The number of hydrogen-bond donors (Lipinski definition) is 1. The molecule has 0 aliphatic carbocycles. The monoisotopic (exact) mass is 377 g/mol. The van der Waals surface area contributed by atoms with E-state index in [2.05, 4.69) is 15.2 Å². The molecule has 1 unspecified atom stereocenters.